The third-order valence-corrected chi connectivity index (χ3v) is 5.21. The molecule has 1 amide bonds. The first kappa shape index (κ1) is 19.8. The molecule has 5 nitrogen and oxygen atoms in total. The van der Waals surface area contributed by atoms with Gasteiger partial charge in [-0.1, -0.05) is 24.3 Å². The van der Waals surface area contributed by atoms with Crippen LogP contribution in [0.25, 0.3) is 0 Å². The van der Waals surface area contributed by atoms with Gasteiger partial charge < -0.3 is 10.1 Å². The third kappa shape index (κ3) is 4.90. The maximum atomic E-state index is 13.6. The summed E-state index contributed by atoms with van der Waals surface area (Å²) in [6.07, 6.45) is 3.21. The molecule has 2 heterocycles. The zero-order valence-electron chi connectivity index (χ0n) is 15.7. The number of rotatable bonds is 7. The van der Waals surface area contributed by atoms with Crippen LogP contribution in [0, 0.1) is 11.6 Å². The molecule has 2 aromatic carbocycles. The molecule has 0 aliphatic carbocycles. The highest BCUT2D eigenvalue weighted by Crippen LogP contribution is 2.21. The molecule has 4 rings (SSSR count). The molecular formula is C22H17F2N3O2S. The molecule has 0 radical (unpaired) electrons. The number of para-hydroxylation sites is 1. The van der Waals surface area contributed by atoms with Crippen LogP contribution in [0.5, 0.6) is 5.75 Å². The number of thiophene rings is 1. The molecule has 0 saturated heterocycles. The van der Waals surface area contributed by atoms with Gasteiger partial charge in [0.25, 0.3) is 5.91 Å². The Balaban J connectivity index is 1.34. The van der Waals surface area contributed by atoms with Gasteiger partial charge in [0, 0.05) is 11.8 Å². The first-order valence-corrected chi connectivity index (χ1v) is 9.98. The number of amides is 1. The van der Waals surface area contributed by atoms with E-state index in [0.717, 1.165) is 11.1 Å². The Bertz CT molecular complexity index is 1170. The number of carbonyl (C=O) groups excluding carboxylic acids is 1. The fourth-order valence-corrected chi connectivity index (χ4v) is 3.61. The van der Waals surface area contributed by atoms with E-state index >= 15 is 0 Å². The highest BCUT2D eigenvalue weighted by atomic mass is 32.1. The van der Waals surface area contributed by atoms with Gasteiger partial charge in [0.1, 0.15) is 12.4 Å². The predicted octanol–water partition coefficient (Wildman–Crippen LogP) is 5.10. The Labute approximate surface area is 175 Å². The highest BCUT2D eigenvalue weighted by Gasteiger charge is 2.12. The van der Waals surface area contributed by atoms with Crippen LogP contribution < -0.4 is 10.1 Å². The number of benzene rings is 2. The number of aromatic nitrogens is 2. The van der Waals surface area contributed by atoms with E-state index in [4.69, 9.17) is 4.74 Å². The molecule has 8 heteroatoms. The minimum absolute atomic E-state index is 0.163. The fourth-order valence-electron chi connectivity index (χ4n) is 2.82. The maximum absolute atomic E-state index is 13.6. The van der Waals surface area contributed by atoms with Crippen molar-refractivity contribution in [1.29, 1.82) is 0 Å². The van der Waals surface area contributed by atoms with Crippen LogP contribution in [-0.4, -0.2) is 15.7 Å². The lowest BCUT2D eigenvalue weighted by molar-refractivity contribution is 0.103. The molecular weight excluding hydrogens is 408 g/mol. The van der Waals surface area contributed by atoms with Gasteiger partial charge in [-0.15, -0.1) is 11.3 Å². The standard InChI is InChI=1S/C22H17F2N3O2S/c23-17-5-3-4-15(8-17)11-27-12-18(10-25-27)26-22(28)21-9-16(14-30-21)13-29-20-7-2-1-6-19(20)24/h1-10,12,14H,11,13H2,(H,26,28). The summed E-state index contributed by atoms with van der Waals surface area (Å²) in [5, 5.41) is 8.77. The van der Waals surface area contributed by atoms with Crippen molar-refractivity contribution in [2.45, 2.75) is 13.2 Å². The largest absolute Gasteiger partial charge is 0.486 e. The van der Waals surface area contributed by atoms with Crippen LogP contribution in [-0.2, 0) is 13.2 Å². The van der Waals surface area contributed by atoms with E-state index in [1.165, 1.54) is 35.7 Å². The van der Waals surface area contributed by atoms with Crippen LogP contribution >= 0.6 is 11.3 Å². The predicted molar refractivity (Wildman–Crippen MR) is 111 cm³/mol. The number of halogens is 2. The average Bonchev–Trinajstić information content (AvgIpc) is 3.37. The Morgan fingerprint density at radius 1 is 1.10 bits per heavy atom. The quantitative estimate of drug-likeness (QED) is 0.448. The van der Waals surface area contributed by atoms with Crippen molar-refractivity contribution in [3.63, 3.8) is 0 Å². The van der Waals surface area contributed by atoms with E-state index in [1.54, 1.807) is 52.7 Å². The lowest BCUT2D eigenvalue weighted by atomic mass is 10.2. The number of ether oxygens (including phenoxy) is 1. The first-order valence-electron chi connectivity index (χ1n) is 9.10. The van der Waals surface area contributed by atoms with Gasteiger partial charge in [-0.05, 0) is 41.3 Å². The maximum Gasteiger partial charge on any atom is 0.265 e. The van der Waals surface area contributed by atoms with Gasteiger partial charge in [0.05, 0.1) is 23.3 Å². The molecule has 0 aliphatic rings. The lowest BCUT2D eigenvalue weighted by Crippen LogP contribution is -2.09. The minimum atomic E-state index is -0.430. The summed E-state index contributed by atoms with van der Waals surface area (Å²) in [7, 11) is 0. The van der Waals surface area contributed by atoms with Crippen molar-refractivity contribution in [2.24, 2.45) is 0 Å². The Kier molecular flexibility index (Phi) is 5.85. The van der Waals surface area contributed by atoms with Gasteiger partial charge in [0.15, 0.2) is 11.6 Å². The van der Waals surface area contributed by atoms with Crippen molar-refractivity contribution in [1.82, 2.24) is 9.78 Å². The fraction of sp³-hybridized carbons (Fsp3) is 0.0909. The van der Waals surface area contributed by atoms with E-state index < -0.39 is 5.82 Å². The molecule has 0 bridgehead atoms. The van der Waals surface area contributed by atoms with E-state index in [-0.39, 0.29) is 24.1 Å². The molecule has 0 aliphatic heterocycles. The molecule has 2 aromatic heterocycles. The van der Waals surface area contributed by atoms with Crippen molar-refractivity contribution >= 4 is 22.9 Å². The van der Waals surface area contributed by atoms with E-state index in [1.807, 2.05) is 0 Å². The van der Waals surface area contributed by atoms with Crippen molar-refractivity contribution in [3.05, 3.63) is 100 Å². The Hall–Kier alpha value is -3.52. The molecule has 0 fully saturated rings. The second kappa shape index (κ2) is 8.87. The summed E-state index contributed by atoms with van der Waals surface area (Å²) in [6, 6.07) is 14.1. The normalized spacial score (nSPS) is 10.7. The second-order valence-electron chi connectivity index (χ2n) is 6.55. The number of anilines is 1. The topological polar surface area (TPSA) is 56.2 Å². The van der Waals surface area contributed by atoms with Gasteiger partial charge in [-0.25, -0.2) is 8.78 Å². The average molecular weight is 425 g/mol. The van der Waals surface area contributed by atoms with Crippen molar-refractivity contribution < 1.29 is 18.3 Å². The number of nitrogens with one attached hydrogen (secondary N) is 1. The van der Waals surface area contributed by atoms with Gasteiger partial charge >= 0.3 is 0 Å². The summed E-state index contributed by atoms with van der Waals surface area (Å²) in [5.74, 6) is -0.843. The minimum Gasteiger partial charge on any atom is -0.486 e. The summed E-state index contributed by atoms with van der Waals surface area (Å²) >= 11 is 1.27. The number of hydrogen-bond acceptors (Lipinski definition) is 4. The van der Waals surface area contributed by atoms with E-state index in [9.17, 15) is 13.6 Å². The molecule has 1 N–H and O–H groups in total. The molecule has 4 aromatic rings. The smallest absolute Gasteiger partial charge is 0.265 e. The van der Waals surface area contributed by atoms with Crippen LogP contribution in [0.2, 0.25) is 0 Å². The van der Waals surface area contributed by atoms with E-state index in [2.05, 4.69) is 10.4 Å². The summed E-state index contributed by atoms with van der Waals surface area (Å²) < 4.78 is 34.0. The van der Waals surface area contributed by atoms with Gasteiger partial charge in [-0.3, -0.25) is 9.48 Å². The lowest BCUT2D eigenvalue weighted by Gasteiger charge is -2.05. The van der Waals surface area contributed by atoms with E-state index in [0.29, 0.717) is 17.1 Å². The monoisotopic (exact) mass is 425 g/mol. The van der Waals surface area contributed by atoms with Crippen LogP contribution in [0.4, 0.5) is 14.5 Å². The molecule has 0 unspecified atom stereocenters. The summed E-state index contributed by atoms with van der Waals surface area (Å²) in [6.45, 7) is 0.556. The zero-order valence-corrected chi connectivity index (χ0v) is 16.5. The van der Waals surface area contributed by atoms with Crippen LogP contribution in [0.1, 0.15) is 20.8 Å². The molecule has 0 spiro atoms. The molecule has 152 valence electrons. The van der Waals surface area contributed by atoms with Crippen molar-refractivity contribution in [2.75, 3.05) is 5.32 Å². The third-order valence-electron chi connectivity index (χ3n) is 4.23. The SMILES string of the molecule is O=C(Nc1cnn(Cc2cccc(F)c2)c1)c1cc(COc2ccccc2F)cs1. The Morgan fingerprint density at radius 3 is 2.80 bits per heavy atom. The zero-order chi connectivity index (χ0) is 20.9. The first-order chi connectivity index (χ1) is 14.6. The summed E-state index contributed by atoms with van der Waals surface area (Å²) in [4.78, 5) is 13.0. The number of hydrogen-bond donors (Lipinski definition) is 1. The molecule has 30 heavy (non-hydrogen) atoms. The number of nitrogens with zero attached hydrogens (tertiary/aromatic N) is 2. The van der Waals surface area contributed by atoms with Crippen LogP contribution in [0.15, 0.2) is 72.4 Å². The Morgan fingerprint density at radius 2 is 1.97 bits per heavy atom. The molecule has 0 saturated carbocycles. The second-order valence-corrected chi connectivity index (χ2v) is 7.46. The summed E-state index contributed by atoms with van der Waals surface area (Å²) in [5.41, 5.74) is 2.08. The number of carbonyl (C=O) groups is 1. The van der Waals surface area contributed by atoms with Crippen molar-refractivity contribution in [3.8, 4) is 5.75 Å². The molecule has 0 atom stereocenters. The van der Waals surface area contributed by atoms with Gasteiger partial charge in [-0.2, -0.15) is 5.10 Å². The highest BCUT2D eigenvalue weighted by molar-refractivity contribution is 7.12. The van der Waals surface area contributed by atoms with Crippen LogP contribution in [0.3, 0.4) is 0 Å². The van der Waals surface area contributed by atoms with Gasteiger partial charge in [0.2, 0.25) is 0 Å².